The average Bonchev–Trinajstić information content (AvgIpc) is 3.03. The number of rotatable bonds is 3. The van der Waals surface area contributed by atoms with E-state index in [-0.39, 0.29) is 11.5 Å². The summed E-state index contributed by atoms with van der Waals surface area (Å²) in [4.78, 5) is 19.6. The van der Waals surface area contributed by atoms with Crippen LogP contribution in [0, 0.1) is 13.8 Å². The molecule has 0 aliphatic carbocycles. The molecule has 112 valence electrons. The van der Waals surface area contributed by atoms with E-state index in [0.717, 1.165) is 38.8 Å². The first kappa shape index (κ1) is 14.5. The number of benzene rings is 1. The molecule has 0 radical (unpaired) electrons. The average molecular weight is 312 g/mol. The minimum Gasteiger partial charge on any atom is -0.508 e. The number of thiazole rings is 1. The maximum Gasteiger partial charge on any atom is 0.161 e. The Hall–Kier alpha value is -2.40. The molecule has 0 fully saturated rings. The number of aromatic nitrogens is 2. The lowest BCUT2D eigenvalue weighted by Gasteiger charge is -1.98. The molecular formula is C17H16N2O2S. The van der Waals surface area contributed by atoms with E-state index in [1.54, 1.807) is 25.1 Å². The monoisotopic (exact) mass is 312 g/mol. The number of H-pyrrole nitrogens is 1. The van der Waals surface area contributed by atoms with Crippen LogP contribution in [0.2, 0.25) is 0 Å². The van der Waals surface area contributed by atoms with Gasteiger partial charge < -0.3 is 10.1 Å². The van der Waals surface area contributed by atoms with Gasteiger partial charge in [0.1, 0.15) is 10.8 Å². The van der Waals surface area contributed by atoms with Crippen LogP contribution in [0.25, 0.3) is 22.0 Å². The van der Waals surface area contributed by atoms with Crippen molar-refractivity contribution in [3.05, 3.63) is 46.5 Å². The highest BCUT2D eigenvalue weighted by molar-refractivity contribution is 7.13. The number of aromatic amines is 1. The molecule has 0 bridgehead atoms. The van der Waals surface area contributed by atoms with Crippen molar-refractivity contribution in [2.24, 2.45) is 0 Å². The number of hydrogen-bond acceptors (Lipinski definition) is 4. The van der Waals surface area contributed by atoms with Crippen LogP contribution in [0.15, 0.2) is 29.6 Å². The summed E-state index contributed by atoms with van der Waals surface area (Å²) in [5.41, 5.74) is 5.11. The zero-order valence-corrected chi connectivity index (χ0v) is 13.4. The highest BCUT2D eigenvalue weighted by atomic mass is 32.1. The Morgan fingerprint density at radius 2 is 2.09 bits per heavy atom. The number of nitrogens with one attached hydrogen (secondary N) is 1. The molecule has 2 heterocycles. The van der Waals surface area contributed by atoms with Gasteiger partial charge in [0.25, 0.3) is 0 Å². The van der Waals surface area contributed by atoms with Gasteiger partial charge in [-0.05, 0) is 38.5 Å². The normalized spacial score (nSPS) is 10.9. The summed E-state index contributed by atoms with van der Waals surface area (Å²) in [5.74, 6) is 0.279. The highest BCUT2D eigenvalue weighted by Gasteiger charge is 2.18. The molecule has 3 rings (SSSR count). The molecule has 2 N–H and O–H groups in total. The first-order valence-corrected chi connectivity index (χ1v) is 7.80. The number of nitrogens with zero attached hydrogens (tertiary/aromatic N) is 1. The van der Waals surface area contributed by atoms with Gasteiger partial charge in [-0.15, -0.1) is 11.3 Å². The molecule has 0 unspecified atom stereocenters. The lowest BCUT2D eigenvalue weighted by atomic mass is 10.1. The van der Waals surface area contributed by atoms with Crippen LogP contribution in [0.1, 0.15) is 28.5 Å². The third kappa shape index (κ3) is 2.44. The maximum absolute atomic E-state index is 11.7. The Morgan fingerprint density at radius 1 is 1.32 bits per heavy atom. The van der Waals surface area contributed by atoms with Crippen LogP contribution in [0.4, 0.5) is 0 Å². The predicted octanol–water partition coefficient (Wildman–Crippen LogP) is 4.33. The SMILES string of the molecule is CC(=O)c1c(C)[nH]c(-c2csc(-c3cccc(O)c3)n2)c1C. The fourth-order valence-corrected chi connectivity index (χ4v) is 3.50. The summed E-state index contributed by atoms with van der Waals surface area (Å²) >= 11 is 1.51. The minimum atomic E-state index is 0.0564. The van der Waals surface area contributed by atoms with Crippen LogP contribution < -0.4 is 0 Å². The number of carbonyl (C=O) groups excluding carboxylic acids is 1. The molecule has 5 heteroatoms. The van der Waals surface area contributed by atoms with E-state index in [4.69, 9.17) is 0 Å². The van der Waals surface area contributed by atoms with E-state index in [0.29, 0.717) is 0 Å². The van der Waals surface area contributed by atoms with Crippen molar-refractivity contribution in [1.82, 2.24) is 9.97 Å². The number of phenols is 1. The van der Waals surface area contributed by atoms with Crippen LogP contribution in [0.3, 0.4) is 0 Å². The molecule has 0 saturated carbocycles. The van der Waals surface area contributed by atoms with Gasteiger partial charge in [0.15, 0.2) is 5.78 Å². The van der Waals surface area contributed by atoms with Gasteiger partial charge in [-0.2, -0.15) is 0 Å². The van der Waals surface area contributed by atoms with Crippen molar-refractivity contribution in [2.75, 3.05) is 0 Å². The number of carbonyl (C=O) groups is 1. The van der Waals surface area contributed by atoms with E-state index >= 15 is 0 Å². The summed E-state index contributed by atoms with van der Waals surface area (Å²) in [5, 5.41) is 12.4. The number of phenolic OH excluding ortho intramolecular Hbond substituents is 1. The molecule has 0 amide bonds. The summed E-state index contributed by atoms with van der Waals surface area (Å²) < 4.78 is 0. The van der Waals surface area contributed by atoms with E-state index in [2.05, 4.69) is 9.97 Å². The Labute approximate surface area is 132 Å². The van der Waals surface area contributed by atoms with Crippen molar-refractivity contribution >= 4 is 17.1 Å². The Bertz CT molecular complexity index is 861. The molecule has 3 aromatic rings. The Kier molecular flexibility index (Phi) is 3.58. The first-order valence-electron chi connectivity index (χ1n) is 6.92. The fraction of sp³-hybridized carbons (Fsp3) is 0.176. The molecule has 0 aliphatic rings. The van der Waals surface area contributed by atoms with E-state index in [1.165, 1.54) is 11.3 Å². The van der Waals surface area contributed by atoms with Crippen LogP contribution in [0.5, 0.6) is 5.75 Å². The van der Waals surface area contributed by atoms with Gasteiger partial charge in [-0.25, -0.2) is 4.98 Å². The molecule has 0 atom stereocenters. The van der Waals surface area contributed by atoms with E-state index in [1.807, 2.05) is 25.3 Å². The lowest BCUT2D eigenvalue weighted by Crippen LogP contribution is -1.94. The second-order valence-corrected chi connectivity index (χ2v) is 6.13. The van der Waals surface area contributed by atoms with Crippen molar-refractivity contribution in [3.63, 3.8) is 0 Å². The third-order valence-corrected chi connectivity index (χ3v) is 4.53. The molecule has 2 aromatic heterocycles. The number of ketones is 1. The summed E-state index contributed by atoms with van der Waals surface area (Å²) in [6.45, 7) is 5.41. The smallest absolute Gasteiger partial charge is 0.161 e. The fourth-order valence-electron chi connectivity index (χ4n) is 2.69. The molecule has 0 saturated heterocycles. The van der Waals surface area contributed by atoms with Crippen LogP contribution in [-0.2, 0) is 0 Å². The molecule has 4 nitrogen and oxygen atoms in total. The number of aryl methyl sites for hydroxylation is 1. The van der Waals surface area contributed by atoms with E-state index in [9.17, 15) is 9.90 Å². The van der Waals surface area contributed by atoms with Crippen molar-refractivity contribution in [2.45, 2.75) is 20.8 Å². The summed E-state index contributed by atoms with van der Waals surface area (Å²) in [6.07, 6.45) is 0. The van der Waals surface area contributed by atoms with Crippen molar-refractivity contribution in [3.8, 4) is 27.7 Å². The lowest BCUT2D eigenvalue weighted by molar-refractivity contribution is 0.101. The first-order chi connectivity index (χ1) is 10.5. The van der Waals surface area contributed by atoms with Crippen LogP contribution >= 0.6 is 11.3 Å². The summed E-state index contributed by atoms with van der Waals surface area (Å²) in [7, 11) is 0. The molecular weight excluding hydrogens is 296 g/mol. The number of aromatic hydroxyl groups is 1. The van der Waals surface area contributed by atoms with Gasteiger partial charge in [-0.3, -0.25) is 4.79 Å². The molecule has 1 aromatic carbocycles. The van der Waals surface area contributed by atoms with Gasteiger partial charge >= 0.3 is 0 Å². The van der Waals surface area contributed by atoms with Gasteiger partial charge in [0.05, 0.1) is 11.4 Å². The third-order valence-electron chi connectivity index (χ3n) is 3.64. The largest absolute Gasteiger partial charge is 0.508 e. The highest BCUT2D eigenvalue weighted by Crippen LogP contribution is 2.33. The quantitative estimate of drug-likeness (QED) is 0.707. The molecule has 0 spiro atoms. The predicted molar refractivity (Wildman–Crippen MR) is 88.5 cm³/mol. The second-order valence-electron chi connectivity index (χ2n) is 5.27. The minimum absolute atomic E-state index is 0.0564. The Morgan fingerprint density at radius 3 is 2.73 bits per heavy atom. The maximum atomic E-state index is 11.7. The van der Waals surface area contributed by atoms with Crippen molar-refractivity contribution < 1.29 is 9.90 Å². The number of hydrogen-bond donors (Lipinski definition) is 2. The Balaban J connectivity index is 2.05. The van der Waals surface area contributed by atoms with E-state index < -0.39 is 0 Å². The zero-order valence-electron chi connectivity index (χ0n) is 12.6. The molecule has 0 aliphatic heterocycles. The van der Waals surface area contributed by atoms with Gasteiger partial charge in [0, 0.05) is 22.2 Å². The standard InChI is InChI=1S/C17H16N2O2S/c1-9-15(11(3)20)10(2)18-16(9)14-8-22-17(19-14)12-5-4-6-13(21)7-12/h4-8,18,21H,1-3H3. The van der Waals surface area contributed by atoms with Gasteiger partial charge in [-0.1, -0.05) is 12.1 Å². The van der Waals surface area contributed by atoms with Crippen LogP contribution in [-0.4, -0.2) is 20.9 Å². The van der Waals surface area contributed by atoms with Crippen molar-refractivity contribution in [1.29, 1.82) is 0 Å². The zero-order chi connectivity index (χ0) is 15.9. The van der Waals surface area contributed by atoms with Gasteiger partial charge in [0.2, 0.25) is 0 Å². The summed E-state index contributed by atoms with van der Waals surface area (Å²) in [6, 6.07) is 7.03. The molecule has 22 heavy (non-hydrogen) atoms. The second kappa shape index (κ2) is 5.42. The topological polar surface area (TPSA) is 66.0 Å². The number of Topliss-reactive ketones (excluding diaryl/α,β-unsaturated/α-hetero) is 1.